The molecule has 28 heavy (non-hydrogen) atoms. The largest absolute Gasteiger partial charge is 0.379 e. The lowest BCUT2D eigenvalue weighted by molar-refractivity contribution is 0.0524. The van der Waals surface area contributed by atoms with Crippen LogP contribution >= 0.6 is 12.4 Å². The van der Waals surface area contributed by atoms with Gasteiger partial charge in [0.15, 0.2) is 0 Å². The Morgan fingerprint density at radius 1 is 1.21 bits per heavy atom. The van der Waals surface area contributed by atoms with E-state index in [0.717, 1.165) is 31.7 Å². The molecule has 1 aromatic rings. The minimum Gasteiger partial charge on any atom is -0.379 e. The van der Waals surface area contributed by atoms with Crippen molar-refractivity contribution < 1.29 is 13.2 Å². The molecule has 0 spiro atoms. The topological polar surface area (TPSA) is 79.5 Å². The number of nitrogens with one attached hydrogen (secondary N) is 3. The third kappa shape index (κ3) is 6.15. The Balaban J connectivity index is 0.00000280. The molecule has 3 unspecified atom stereocenters. The Kier molecular flexibility index (Phi) is 8.31. The Morgan fingerprint density at radius 3 is 2.64 bits per heavy atom. The minimum absolute atomic E-state index is 0. The Labute approximate surface area is 175 Å². The average molecular weight is 432 g/mol. The molecular weight excluding hydrogens is 398 g/mol. The molecule has 6 nitrogen and oxygen atoms in total. The molecule has 0 radical (unpaired) electrons. The van der Waals surface area contributed by atoms with Gasteiger partial charge in [-0.1, -0.05) is 24.6 Å². The van der Waals surface area contributed by atoms with Gasteiger partial charge in [-0.3, -0.25) is 0 Å². The first-order chi connectivity index (χ1) is 12.8. The van der Waals surface area contributed by atoms with Crippen molar-refractivity contribution in [2.45, 2.75) is 69.1 Å². The molecule has 3 N–H and O–H groups in total. The van der Waals surface area contributed by atoms with Crippen LogP contribution in [0.4, 0.5) is 0 Å². The summed E-state index contributed by atoms with van der Waals surface area (Å²) >= 11 is 0. The molecule has 1 aliphatic heterocycles. The van der Waals surface area contributed by atoms with Gasteiger partial charge < -0.3 is 15.4 Å². The maximum absolute atomic E-state index is 12.8. The molecule has 3 atom stereocenters. The lowest BCUT2D eigenvalue weighted by Crippen LogP contribution is -2.50. The van der Waals surface area contributed by atoms with Crippen molar-refractivity contribution in [2.24, 2.45) is 5.92 Å². The van der Waals surface area contributed by atoms with Gasteiger partial charge in [-0.2, -0.15) is 0 Å². The van der Waals surface area contributed by atoms with E-state index in [4.69, 9.17) is 4.74 Å². The number of hydrogen-bond acceptors (Lipinski definition) is 5. The van der Waals surface area contributed by atoms with E-state index in [2.05, 4.69) is 15.4 Å². The number of halogens is 1. The van der Waals surface area contributed by atoms with Gasteiger partial charge >= 0.3 is 0 Å². The molecule has 2 fully saturated rings. The minimum atomic E-state index is -3.55. The van der Waals surface area contributed by atoms with E-state index in [1.807, 2.05) is 32.9 Å². The number of morpholine rings is 1. The predicted octanol–water partition coefficient (Wildman–Crippen LogP) is 2.43. The molecule has 3 rings (SSSR count). The van der Waals surface area contributed by atoms with E-state index in [1.54, 1.807) is 12.1 Å². The summed E-state index contributed by atoms with van der Waals surface area (Å²) in [6.45, 7) is 8.58. The van der Waals surface area contributed by atoms with E-state index < -0.39 is 15.6 Å². The predicted molar refractivity (Wildman–Crippen MR) is 114 cm³/mol. The monoisotopic (exact) mass is 431 g/mol. The highest BCUT2D eigenvalue weighted by Gasteiger charge is 2.34. The smallest absolute Gasteiger partial charge is 0.241 e. The summed E-state index contributed by atoms with van der Waals surface area (Å²) in [5.41, 5.74) is 0.301. The summed E-state index contributed by atoms with van der Waals surface area (Å²) in [4.78, 5) is 0.362. The molecule has 1 aliphatic carbocycles. The molecule has 1 saturated carbocycles. The number of rotatable bonds is 6. The quantitative estimate of drug-likeness (QED) is 0.644. The molecule has 160 valence electrons. The number of benzene rings is 1. The second kappa shape index (κ2) is 9.87. The zero-order chi connectivity index (χ0) is 19.5. The molecule has 0 amide bonds. The lowest BCUT2D eigenvalue weighted by atomic mass is 9.94. The van der Waals surface area contributed by atoms with Gasteiger partial charge in [-0.05, 0) is 51.2 Å². The van der Waals surface area contributed by atoms with Crippen LogP contribution in [0, 0.1) is 5.92 Å². The standard InChI is InChI=1S/C20H33N3O3S.ClH/c1-20(2,3)23-27(24,25)19-10-5-4-7-15(19)13-22-17-9-6-8-16(17)18-14-26-12-11-21-18;/h4-5,7,10,16-18,21-23H,6,8-9,11-14H2,1-3H3;1H. The number of ether oxygens (including phenoxy) is 1. The fourth-order valence-corrected chi connectivity index (χ4v) is 5.85. The van der Waals surface area contributed by atoms with Crippen molar-refractivity contribution in [3.63, 3.8) is 0 Å². The Morgan fingerprint density at radius 2 is 1.96 bits per heavy atom. The van der Waals surface area contributed by atoms with Crippen molar-refractivity contribution in [3.05, 3.63) is 29.8 Å². The van der Waals surface area contributed by atoms with Crippen LogP contribution in [0.2, 0.25) is 0 Å². The molecule has 8 heteroatoms. The van der Waals surface area contributed by atoms with Crippen LogP contribution in [0.25, 0.3) is 0 Å². The van der Waals surface area contributed by atoms with Gasteiger partial charge in [0.2, 0.25) is 10.0 Å². The Bertz CT molecular complexity index is 730. The maximum atomic E-state index is 12.8. The second-order valence-corrected chi connectivity index (χ2v) is 10.3. The third-order valence-electron chi connectivity index (χ3n) is 5.29. The number of sulfonamides is 1. The highest BCUT2D eigenvalue weighted by atomic mass is 35.5. The molecule has 1 aromatic carbocycles. The van der Waals surface area contributed by atoms with E-state index >= 15 is 0 Å². The van der Waals surface area contributed by atoms with Crippen molar-refractivity contribution in [1.29, 1.82) is 0 Å². The normalized spacial score (nSPS) is 26.0. The van der Waals surface area contributed by atoms with Crippen LogP contribution in [0.3, 0.4) is 0 Å². The first-order valence-corrected chi connectivity index (χ1v) is 11.4. The van der Waals surface area contributed by atoms with E-state index in [-0.39, 0.29) is 12.4 Å². The molecule has 0 aromatic heterocycles. The van der Waals surface area contributed by atoms with E-state index in [9.17, 15) is 8.42 Å². The van der Waals surface area contributed by atoms with Crippen LogP contribution in [0.5, 0.6) is 0 Å². The van der Waals surface area contributed by atoms with Crippen LogP contribution in [0.15, 0.2) is 29.2 Å². The van der Waals surface area contributed by atoms with Crippen LogP contribution in [-0.4, -0.2) is 45.8 Å². The molecule has 1 heterocycles. The van der Waals surface area contributed by atoms with Gasteiger partial charge in [0.25, 0.3) is 0 Å². The zero-order valence-electron chi connectivity index (χ0n) is 17.0. The van der Waals surface area contributed by atoms with Gasteiger partial charge in [0.05, 0.1) is 18.1 Å². The SMILES string of the molecule is CC(C)(C)NS(=O)(=O)c1ccccc1CNC1CCCC1C1COCCN1.Cl. The average Bonchev–Trinajstić information content (AvgIpc) is 3.07. The second-order valence-electron chi connectivity index (χ2n) is 8.68. The van der Waals surface area contributed by atoms with Crippen molar-refractivity contribution in [3.8, 4) is 0 Å². The fraction of sp³-hybridized carbons (Fsp3) is 0.700. The third-order valence-corrected chi connectivity index (χ3v) is 7.15. The van der Waals surface area contributed by atoms with E-state index in [1.165, 1.54) is 12.8 Å². The molecular formula is C20H34ClN3O3S. The molecule has 2 aliphatic rings. The first kappa shape index (κ1) is 23.6. The summed E-state index contributed by atoms with van der Waals surface area (Å²) in [5, 5.41) is 7.21. The van der Waals surface area contributed by atoms with Crippen LogP contribution in [-0.2, 0) is 21.3 Å². The molecule has 1 saturated heterocycles. The Hall–Kier alpha value is -0.700. The summed E-state index contributed by atoms with van der Waals surface area (Å²) in [5.74, 6) is 0.529. The van der Waals surface area contributed by atoms with Gasteiger partial charge in [0.1, 0.15) is 0 Å². The van der Waals surface area contributed by atoms with Gasteiger partial charge in [-0.25, -0.2) is 13.1 Å². The van der Waals surface area contributed by atoms with Gasteiger partial charge in [-0.15, -0.1) is 12.4 Å². The zero-order valence-corrected chi connectivity index (χ0v) is 18.7. The van der Waals surface area contributed by atoms with Crippen molar-refractivity contribution in [2.75, 3.05) is 19.8 Å². The summed E-state index contributed by atoms with van der Waals surface area (Å²) in [6, 6.07) is 8.04. The summed E-state index contributed by atoms with van der Waals surface area (Å²) in [6.07, 6.45) is 3.51. The maximum Gasteiger partial charge on any atom is 0.241 e. The summed E-state index contributed by atoms with van der Waals surface area (Å²) < 4.78 is 34.0. The fourth-order valence-electron chi connectivity index (χ4n) is 4.20. The number of hydrogen-bond donors (Lipinski definition) is 3. The molecule has 0 bridgehead atoms. The van der Waals surface area contributed by atoms with Crippen molar-refractivity contribution >= 4 is 22.4 Å². The van der Waals surface area contributed by atoms with E-state index in [0.29, 0.717) is 29.4 Å². The van der Waals surface area contributed by atoms with Crippen LogP contribution in [0.1, 0.15) is 45.6 Å². The van der Waals surface area contributed by atoms with Gasteiger partial charge in [0, 0.05) is 30.7 Å². The highest BCUT2D eigenvalue weighted by molar-refractivity contribution is 7.89. The first-order valence-electron chi connectivity index (χ1n) is 9.93. The highest BCUT2D eigenvalue weighted by Crippen LogP contribution is 2.30. The summed E-state index contributed by atoms with van der Waals surface area (Å²) in [7, 11) is -3.55. The lowest BCUT2D eigenvalue weighted by Gasteiger charge is -2.33. The van der Waals surface area contributed by atoms with Crippen LogP contribution < -0.4 is 15.4 Å². The van der Waals surface area contributed by atoms with Crippen molar-refractivity contribution in [1.82, 2.24) is 15.4 Å².